The van der Waals surface area contributed by atoms with Gasteiger partial charge in [-0.3, -0.25) is 0 Å². The molecule has 0 amide bonds. The first-order valence-corrected chi connectivity index (χ1v) is 8.15. The number of fused-ring (bicyclic) bond motifs is 2. The van der Waals surface area contributed by atoms with Crippen molar-refractivity contribution in [3.05, 3.63) is 96.6 Å². The second-order valence-electron chi connectivity index (χ2n) is 5.98. The monoisotopic (exact) mass is 325 g/mol. The summed E-state index contributed by atoms with van der Waals surface area (Å²) in [5.74, 6) is 0.895. The Morgan fingerprint density at radius 2 is 1.76 bits per heavy atom. The number of aromatic nitrogens is 4. The fourth-order valence-corrected chi connectivity index (χ4v) is 3.16. The molecule has 1 aliphatic heterocycles. The van der Waals surface area contributed by atoms with Crippen LogP contribution in [0.5, 0.6) is 0 Å². The smallest absolute Gasteiger partial charge is 0.159 e. The summed E-state index contributed by atoms with van der Waals surface area (Å²) in [6, 6.07) is 16.6. The van der Waals surface area contributed by atoms with E-state index in [2.05, 4.69) is 57.0 Å². The quantitative estimate of drug-likeness (QED) is 0.498. The minimum atomic E-state index is 0.783. The molecule has 3 heterocycles. The lowest BCUT2D eigenvalue weighted by Crippen LogP contribution is -2.11. The van der Waals surface area contributed by atoms with Gasteiger partial charge in [-0.1, -0.05) is 30.3 Å². The molecule has 2 aromatic carbocycles. The number of aliphatic imine (C=N–C) groups is 1. The van der Waals surface area contributed by atoms with Gasteiger partial charge in [-0.15, -0.1) is 0 Å². The van der Waals surface area contributed by atoms with E-state index in [-0.39, 0.29) is 0 Å². The third-order valence-electron chi connectivity index (χ3n) is 4.44. The first kappa shape index (κ1) is 13.9. The lowest BCUT2D eigenvalue weighted by atomic mass is 10.1. The fourth-order valence-electron chi connectivity index (χ4n) is 3.16. The summed E-state index contributed by atoms with van der Waals surface area (Å²) < 4.78 is 4.13. The molecular formula is C20H15N5. The standard InChI is InChI=1S/C20H15N5/c1-2-4-18-16(3-1)13-24-12-10-22-20(24)19(23-18)15-5-7-17(8-6-15)25-11-9-21-14-25/h1-12,14H,13H2. The second kappa shape index (κ2) is 5.56. The van der Waals surface area contributed by atoms with Gasteiger partial charge in [0.05, 0.1) is 18.6 Å². The number of hydrogen-bond donors (Lipinski definition) is 0. The predicted octanol–water partition coefficient (Wildman–Crippen LogP) is 3.60. The Morgan fingerprint density at radius 3 is 2.60 bits per heavy atom. The van der Waals surface area contributed by atoms with Crippen molar-refractivity contribution in [3.63, 3.8) is 0 Å². The van der Waals surface area contributed by atoms with Crippen molar-refractivity contribution >= 4 is 11.4 Å². The fraction of sp³-hybridized carbons (Fsp3) is 0.0500. The van der Waals surface area contributed by atoms with Crippen LogP contribution in [0.15, 0.2) is 84.6 Å². The summed E-state index contributed by atoms with van der Waals surface area (Å²) in [6.45, 7) is 0.783. The lowest BCUT2D eigenvalue weighted by molar-refractivity contribution is 0.794. The van der Waals surface area contributed by atoms with Crippen molar-refractivity contribution in [3.8, 4) is 5.69 Å². The molecule has 1 aliphatic rings. The lowest BCUT2D eigenvalue weighted by Gasteiger charge is -2.08. The van der Waals surface area contributed by atoms with E-state index in [9.17, 15) is 0 Å². The topological polar surface area (TPSA) is 48.0 Å². The molecule has 5 nitrogen and oxygen atoms in total. The summed E-state index contributed by atoms with van der Waals surface area (Å²) in [5, 5.41) is 0. The van der Waals surface area contributed by atoms with E-state index >= 15 is 0 Å². The van der Waals surface area contributed by atoms with E-state index in [1.807, 2.05) is 29.2 Å². The molecule has 0 N–H and O–H groups in total. The molecule has 0 aliphatic carbocycles. The zero-order valence-electron chi connectivity index (χ0n) is 13.4. The van der Waals surface area contributed by atoms with Gasteiger partial charge in [0.25, 0.3) is 0 Å². The Kier molecular flexibility index (Phi) is 3.10. The maximum absolute atomic E-state index is 4.93. The van der Waals surface area contributed by atoms with Crippen molar-refractivity contribution in [2.24, 2.45) is 4.99 Å². The maximum Gasteiger partial charge on any atom is 0.159 e. The average Bonchev–Trinajstić information content (AvgIpc) is 3.31. The molecule has 25 heavy (non-hydrogen) atoms. The summed E-state index contributed by atoms with van der Waals surface area (Å²) >= 11 is 0. The van der Waals surface area contributed by atoms with Crippen LogP contribution in [-0.2, 0) is 6.54 Å². The van der Waals surface area contributed by atoms with E-state index in [1.165, 1.54) is 5.56 Å². The number of rotatable bonds is 2. The number of para-hydroxylation sites is 1. The van der Waals surface area contributed by atoms with E-state index < -0.39 is 0 Å². The van der Waals surface area contributed by atoms with Gasteiger partial charge in [-0.2, -0.15) is 0 Å². The zero-order chi connectivity index (χ0) is 16.6. The largest absolute Gasteiger partial charge is 0.325 e. The highest BCUT2D eigenvalue weighted by molar-refractivity contribution is 6.12. The van der Waals surface area contributed by atoms with Crippen LogP contribution in [0.3, 0.4) is 0 Å². The Morgan fingerprint density at radius 1 is 0.880 bits per heavy atom. The van der Waals surface area contributed by atoms with Gasteiger partial charge in [0.15, 0.2) is 5.82 Å². The van der Waals surface area contributed by atoms with Crippen molar-refractivity contribution < 1.29 is 0 Å². The average molecular weight is 325 g/mol. The van der Waals surface area contributed by atoms with Gasteiger partial charge in [-0.05, 0) is 23.8 Å². The Bertz CT molecular complexity index is 1060. The van der Waals surface area contributed by atoms with Crippen LogP contribution < -0.4 is 0 Å². The molecular weight excluding hydrogens is 310 g/mol. The highest BCUT2D eigenvalue weighted by Crippen LogP contribution is 2.27. The van der Waals surface area contributed by atoms with Crippen LogP contribution in [-0.4, -0.2) is 24.8 Å². The molecule has 0 fully saturated rings. The van der Waals surface area contributed by atoms with Gasteiger partial charge in [0.1, 0.15) is 5.71 Å². The van der Waals surface area contributed by atoms with Crippen molar-refractivity contribution in [2.45, 2.75) is 6.54 Å². The first-order chi connectivity index (χ1) is 12.4. The third-order valence-corrected chi connectivity index (χ3v) is 4.44. The van der Waals surface area contributed by atoms with Crippen LogP contribution in [0.1, 0.15) is 17.0 Å². The van der Waals surface area contributed by atoms with Gasteiger partial charge >= 0.3 is 0 Å². The molecule has 4 aromatic rings. The number of nitrogens with zero attached hydrogens (tertiary/aromatic N) is 5. The Hall–Kier alpha value is -3.47. The van der Waals surface area contributed by atoms with Gasteiger partial charge < -0.3 is 9.13 Å². The van der Waals surface area contributed by atoms with Crippen molar-refractivity contribution in [1.29, 1.82) is 0 Å². The first-order valence-electron chi connectivity index (χ1n) is 8.15. The van der Waals surface area contributed by atoms with Gasteiger partial charge in [0.2, 0.25) is 0 Å². The molecule has 0 saturated carbocycles. The molecule has 0 saturated heterocycles. The molecule has 0 unspecified atom stereocenters. The molecule has 0 radical (unpaired) electrons. The van der Waals surface area contributed by atoms with Crippen LogP contribution >= 0.6 is 0 Å². The Balaban J connectivity index is 1.64. The number of hydrogen-bond acceptors (Lipinski definition) is 3. The molecule has 5 rings (SSSR count). The predicted molar refractivity (Wildman–Crippen MR) is 96.6 cm³/mol. The van der Waals surface area contributed by atoms with Gasteiger partial charge in [0, 0.05) is 36.0 Å². The molecule has 120 valence electrons. The normalized spacial score (nSPS) is 12.9. The van der Waals surface area contributed by atoms with Crippen molar-refractivity contribution in [1.82, 2.24) is 19.1 Å². The highest BCUT2D eigenvalue weighted by Gasteiger charge is 2.18. The van der Waals surface area contributed by atoms with E-state index in [1.54, 1.807) is 12.5 Å². The van der Waals surface area contributed by atoms with Crippen LogP contribution in [0, 0.1) is 0 Å². The number of imidazole rings is 2. The van der Waals surface area contributed by atoms with Gasteiger partial charge in [-0.25, -0.2) is 15.0 Å². The van der Waals surface area contributed by atoms with E-state index in [4.69, 9.17) is 4.99 Å². The zero-order valence-corrected chi connectivity index (χ0v) is 13.4. The molecule has 2 aromatic heterocycles. The maximum atomic E-state index is 4.93. The molecule has 5 heteroatoms. The summed E-state index contributed by atoms with van der Waals surface area (Å²) in [5.41, 5.74) is 5.22. The second-order valence-corrected chi connectivity index (χ2v) is 5.98. The van der Waals surface area contributed by atoms with Crippen LogP contribution in [0.25, 0.3) is 5.69 Å². The highest BCUT2D eigenvalue weighted by atomic mass is 15.1. The third kappa shape index (κ3) is 2.37. The van der Waals surface area contributed by atoms with E-state index in [0.29, 0.717) is 0 Å². The van der Waals surface area contributed by atoms with Crippen LogP contribution in [0.2, 0.25) is 0 Å². The number of benzene rings is 2. The minimum Gasteiger partial charge on any atom is -0.325 e. The summed E-state index contributed by atoms with van der Waals surface area (Å²) in [6.07, 6.45) is 9.34. The minimum absolute atomic E-state index is 0.783. The molecule has 0 bridgehead atoms. The van der Waals surface area contributed by atoms with Crippen molar-refractivity contribution in [2.75, 3.05) is 0 Å². The van der Waals surface area contributed by atoms with Crippen LogP contribution in [0.4, 0.5) is 5.69 Å². The Labute approximate surface area is 144 Å². The molecule has 0 spiro atoms. The summed E-state index contributed by atoms with van der Waals surface area (Å²) in [4.78, 5) is 13.6. The molecule has 0 atom stereocenters. The SMILES string of the molecule is c1ccc2c(c1)Cn1ccnc1C(c1ccc(-n3ccnc3)cc1)=N2. The summed E-state index contributed by atoms with van der Waals surface area (Å²) in [7, 11) is 0. The van der Waals surface area contributed by atoms with E-state index in [0.717, 1.165) is 35.0 Å².